The van der Waals surface area contributed by atoms with E-state index in [2.05, 4.69) is 37.8 Å². The van der Waals surface area contributed by atoms with Gasteiger partial charge in [-0.1, -0.05) is 51.0 Å². The molecule has 0 aliphatic carbocycles. The molecule has 0 heterocycles. The summed E-state index contributed by atoms with van der Waals surface area (Å²) in [7, 11) is 0. The highest BCUT2D eigenvalue weighted by Crippen LogP contribution is 2.31. The lowest BCUT2D eigenvalue weighted by Crippen LogP contribution is -2.21. The van der Waals surface area contributed by atoms with Gasteiger partial charge >= 0.3 is 12.3 Å². The average Bonchev–Trinajstić information content (AvgIpc) is 2.86. The molecule has 3 aromatic carbocycles. The zero-order chi connectivity index (χ0) is 30.5. The molecule has 3 aromatic rings. The summed E-state index contributed by atoms with van der Waals surface area (Å²) < 4.78 is 47.7. The number of carbonyl (C=O) groups is 3. The van der Waals surface area contributed by atoms with Crippen molar-refractivity contribution in [3.8, 4) is 23.3 Å². The molecule has 13 heteroatoms. The number of nitrogens with one attached hydrogen (secondary N) is 1. The maximum absolute atomic E-state index is 13.2. The molecule has 7 nitrogen and oxygen atoms in total. The van der Waals surface area contributed by atoms with Crippen LogP contribution in [0.4, 0.5) is 18.9 Å². The van der Waals surface area contributed by atoms with Crippen molar-refractivity contribution < 1.29 is 42.1 Å². The van der Waals surface area contributed by atoms with Gasteiger partial charge in [0.05, 0.1) is 16.3 Å². The molecular formula is C28H19BrCl2F3NO6. The molecule has 0 radical (unpaired) electrons. The van der Waals surface area contributed by atoms with Crippen molar-refractivity contribution in [3.05, 3.63) is 85.8 Å². The first-order valence-electron chi connectivity index (χ1n) is 11.4. The Kier molecular flexibility index (Phi) is 9.97. The monoisotopic (exact) mass is 671 g/mol. The van der Waals surface area contributed by atoms with E-state index in [1.54, 1.807) is 0 Å². The highest BCUT2D eigenvalue weighted by molar-refractivity contribution is 9.10. The normalized spacial score (nSPS) is 11.2. The number of amides is 1. The first kappa shape index (κ1) is 31.8. The lowest BCUT2D eigenvalue weighted by Gasteiger charge is -2.14. The summed E-state index contributed by atoms with van der Waals surface area (Å²) in [4.78, 5) is 37.0. The molecule has 0 saturated heterocycles. The number of benzene rings is 3. The van der Waals surface area contributed by atoms with Gasteiger partial charge in [-0.25, -0.2) is 0 Å². The molecular weight excluding hydrogens is 654 g/mol. The summed E-state index contributed by atoms with van der Waals surface area (Å²) in [5.41, 5.74) is -0.876. The topological polar surface area (TPSA) is 102 Å². The van der Waals surface area contributed by atoms with Crippen LogP contribution >= 0.6 is 39.1 Å². The standard InChI is InChI=1S/C28H19BrCl2F3NO6/c1-27(2,26(38)39)8-7-15-3-5-22(21(31)9-15)35-24(36)14-40-23-6-4-18(30)13-20(23)25(37)16-10-17(29)12-19(11-16)41-28(32,33)34/h3-6,9-13H,14H2,1-2H3,(H,35,36)(H,38,39). The second-order valence-electron chi connectivity index (χ2n) is 8.90. The molecule has 41 heavy (non-hydrogen) atoms. The molecule has 0 bridgehead atoms. The predicted molar refractivity (Wildman–Crippen MR) is 150 cm³/mol. The van der Waals surface area contributed by atoms with Gasteiger partial charge in [0.1, 0.15) is 16.9 Å². The largest absolute Gasteiger partial charge is 0.573 e. The van der Waals surface area contributed by atoms with Gasteiger partial charge in [0, 0.05) is 20.6 Å². The van der Waals surface area contributed by atoms with Crippen LogP contribution in [0.3, 0.4) is 0 Å². The molecule has 2 N–H and O–H groups in total. The van der Waals surface area contributed by atoms with Crippen molar-refractivity contribution in [2.45, 2.75) is 20.2 Å². The van der Waals surface area contributed by atoms with E-state index >= 15 is 0 Å². The van der Waals surface area contributed by atoms with Gasteiger partial charge in [-0.05, 0) is 68.4 Å². The molecule has 3 rings (SSSR count). The van der Waals surface area contributed by atoms with Crippen molar-refractivity contribution in [1.29, 1.82) is 0 Å². The van der Waals surface area contributed by atoms with Gasteiger partial charge in [0.2, 0.25) is 0 Å². The number of hydrogen-bond donors (Lipinski definition) is 2. The van der Waals surface area contributed by atoms with E-state index in [1.165, 1.54) is 56.3 Å². The second kappa shape index (κ2) is 12.9. The molecule has 1 amide bonds. The van der Waals surface area contributed by atoms with Gasteiger partial charge in [-0.3, -0.25) is 14.4 Å². The van der Waals surface area contributed by atoms with Crippen LogP contribution in [-0.2, 0) is 9.59 Å². The van der Waals surface area contributed by atoms with Gasteiger partial charge in [0.15, 0.2) is 12.4 Å². The average molecular weight is 673 g/mol. The van der Waals surface area contributed by atoms with Gasteiger partial charge in [0.25, 0.3) is 5.91 Å². The van der Waals surface area contributed by atoms with Crippen molar-refractivity contribution in [3.63, 3.8) is 0 Å². The number of rotatable bonds is 8. The van der Waals surface area contributed by atoms with E-state index in [0.29, 0.717) is 5.56 Å². The van der Waals surface area contributed by atoms with Crippen molar-refractivity contribution in [2.75, 3.05) is 11.9 Å². The summed E-state index contributed by atoms with van der Waals surface area (Å²) in [5.74, 6) is 2.24. The minimum Gasteiger partial charge on any atom is -0.483 e. The van der Waals surface area contributed by atoms with Crippen molar-refractivity contribution >= 4 is 62.5 Å². The fraction of sp³-hybridized carbons (Fsp3) is 0.179. The Labute approximate surface area is 250 Å². The van der Waals surface area contributed by atoms with Crippen LogP contribution in [0.2, 0.25) is 10.0 Å². The summed E-state index contributed by atoms with van der Waals surface area (Å²) >= 11 is 15.3. The Morgan fingerprint density at radius 2 is 1.73 bits per heavy atom. The van der Waals surface area contributed by atoms with Crippen LogP contribution in [0.5, 0.6) is 11.5 Å². The SMILES string of the molecule is CC(C)(C#Cc1ccc(NC(=O)COc2ccc(Cl)cc2C(=O)c2cc(Br)cc(OC(F)(F)F)c2)c(Cl)c1)C(=O)O. The molecule has 0 aromatic heterocycles. The van der Waals surface area contributed by atoms with E-state index in [9.17, 15) is 32.7 Å². The number of alkyl halides is 3. The van der Waals surface area contributed by atoms with E-state index in [-0.39, 0.29) is 37.1 Å². The van der Waals surface area contributed by atoms with Gasteiger partial charge in [-0.2, -0.15) is 0 Å². The maximum atomic E-state index is 13.2. The molecule has 0 atom stereocenters. The highest BCUT2D eigenvalue weighted by Gasteiger charge is 2.31. The lowest BCUT2D eigenvalue weighted by atomic mass is 9.94. The molecule has 214 valence electrons. The van der Waals surface area contributed by atoms with Crippen LogP contribution in [0.15, 0.2) is 59.1 Å². The van der Waals surface area contributed by atoms with E-state index in [0.717, 1.165) is 12.1 Å². The zero-order valence-electron chi connectivity index (χ0n) is 21.2. The Bertz CT molecular complexity index is 1580. The Morgan fingerprint density at radius 1 is 1.02 bits per heavy atom. The maximum Gasteiger partial charge on any atom is 0.573 e. The second-order valence-corrected chi connectivity index (χ2v) is 10.7. The minimum absolute atomic E-state index is 0.0504. The predicted octanol–water partition coefficient (Wildman–Crippen LogP) is 7.37. The number of carboxylic acids is 1. The number of hydrogen-bond acceptors (Lipinski definition) is 5. The highest BCUT2D eigenvalue weighted by atomic mass is 79.9. The number of carboxylic acid groups (broad SMARTS) is 1. The third-order valence-electron chi connectivity index (χ3n) is 5.21. The number of aliphatic carboxylic acids is 1. The first-order valence-corrected chi connectivity index (χ1v) is 13.0. The molecule has 0 saturated carbocycles. The van der Waals surface area contributed by atoms with E-state index in [4.69, 9.17) is 27.9 Å². The van der Waals surface area contributed by atoms with Crippen molar-refractivity contribution in [2.24, 2.45) is 5.41 Å². The third kappa shape index (κ3) is 9.14. The van der Waals surface area contributed by atoms with Crippen molar-refractivity contribution in [1.82, 2.24) is 0 Å². The summed E-state index contributed by atoms with van der Waals surface area (Å²) in [5, 5.41) is 12.0. The molecule has 0 fully saturated rings. The molecule has 0 spiro atoms. The van der Waals surface area contributed by atoms with Gasteiger partial charge in [-0.15, -0.1) is 13.2 Å². The zero-order valence-corrected chi connectivity index (χ0v) is 24.3. The number of ketones is 1. The Balaban J connectivity index is 1.75. The van der Waals surface area contributed by atoms with Crippen LogP contribution < -0.4 is 14.8 Å². The fourth-order valence-electron chi connectivity index (χ4n) is 3.15. The Hall–Kier alpha value is -3.72. The number of anilines is 1. The lowest BCUT2D eigenvalue weighted by molar-refractivity contribution is -0.274. The molecule has 0 aliphatic rings. The fourth-order valence-corrected chi connectivity index (χ4v) is 4.03. The van der Waals surface area contributed by atoms with Gasteiger partial charge < -0.3 is 19.9 Å². The smallest absolute Gasteiger partial charge is 0.483 e. The van der Waals surface area contributed by atoms with Crippen LogP contribution in [-0.4, -0.2) is 35.7 Å². The number of ether oxygens (including phenoxy) is 2. The van der Waals surface area contributed by atoms with E-state index in [1.807, 2.05) is 0 Å². The summed E-state index contributed by atoms with van der Waals surface area (Å²) in [6, 6.07) is 11.7. The third-order valence-corrected chi connectivity index (χ3v) is 6.21. The quantitative estimate of drug-likeness (QED) is 0.192. The number of carbonyl (C=O) groups excluding carboxylic acids is 2. The number of halogens is 6. The molecule has 0 aliphatic heterocycles. The van der Waals surface area contributed by atoms with Crippen LogP contribution in [0.25, 0.3) is 0 Å². The summed E-state index contributed by atoms with van der Waals surface area (Å²) in [6.45, 7) is 2.35. The van der Waals surface area contributed by atoms with Crippen LogP contribution in [0, 0.1) is 17.3 Å². The van der Waals surface area contributed by atoms with Crippen LogP contribution in [0.1, 0.15) is 35.3 Å². The first-order chi connectivity index (χ1) is 19.0. The minimum atomic E-state index is -4.97. The molecule has 0 unspecified atom stereocenters. The van der Waals surface area contributed by atoms with E-state index < -0.39 is 41.8 Å². The Morgan fingerprint density at radius 3 is 2.37 bits per heavy atom. The summed E-state index contributed by atoms with van der Waals surface area (Å²) in [6.07, 6.45) is -4.97.